The molecular weight excluding hydrogens is 362 g/mol. The summed E-state index contributed by atoms with van der Waals surface area (Å²) in [6.45, 7) is 4.41. The van der Waals surface area contributed by atoms with Gasteiger partial charge in [0.05, 0.1) is 23.7 Å². The van der Waals surface area contributed by atoms with Crippen LogP contribution in [0.25, 0.3) is 21.2 Å². The number of hydrogen-bond donors (Lipinski definition) is 1. The second-order valence-electron chi connectivity index (χ2n) is 6.58. The Labute approximate surface area is 160 Å². The van der Waals surface area contributed by atoms with E-state index in [0.29, 0.717) is 43.5 Å². The van der Waals surface area contributed by atoms with Crippen molar-refractivity contribution in [3.8, 4) is 16.2 Å². The molecule has 0 spiro atoms. The molecule has 1 amide bonds. The van der Waals surface area contributed by atoms with E-state index in [9.17, 15) is 14.7 Å². The molecule has 0 radical (unpaired) electrons. The number of benzene rings is 2. The van der Waals surface area contributed by atoms with Crippen LogP contribution in [0.15, 0.2) is 36.4 Å². The quantitative estimate of drug-likeness (QED) is 0.700. The molecule has 3 aromatic rings. The molecule has 0 atom stereocenters. The highest BCUT2D eigenvalue weighted by atomic mass is 32.1. The first kappa shape index (κ1) is 17.7. The van der Waals surface area contributed by atoms with Gasteiger partial charge in [0.15, 0.2) is 6.29 Å². The highest BCUT2D eigenvalue weighted by Gasteiger charge is 2.21. The predicted octanol–water partition coefficient (Wildman–Crippen LogP) is 3.87. The Morgan fingerprint density at radius 3 is 2.70 bits per heavy atom. The van der Waals surface area contributed by atoms with E-state index in [1.165, 1.54) is 17.4 Å². The summed E-state index contributed by atoms with van der Waals surface area (Å²) in [7, 11) is 0. The summed E-state index contributed by atoms with van der Waals surface area (Å²) in [5.41, 5.74) is 2.34. The molecule has 2 heterocycles. The van der Waals surface area contributed by atoms with E-state index in [1.54, 1.807) is 6.07 Å². The van der Waals surface area contributed by atoms with E-state index in [1.807, 2.05) is 36.1 Å². The van der Waals surface area contributed by atoms with Crippen LogP contribution in [-0.4, -0.2) is 48.5 Å². The average Bonchev–Trinajstić information content (AvgIpc) is 3.09. The minimum atomic E-state index is -0.0176. The summed E-state index contributed by atoms with van der Waals surface area (Å²) in [6.07, 6.45) is 0.673. The lowest BCUT2D eigenvalue weighted by atomic mass is 10.0. The number of phenols is 1. The first-order valence-corrected chi connectivity index (χ1v) is 9.59. The smallest absolute Gasteiger partial charge is 0.264 e. The van der Waals surface area contributed by atoms with Gasteiger partial charge in [-0.25, -0.2) is 0 Å². The van der Waals surface area contributed by atoms with Crippen LogP contribution in [0.2, 0.25) is 0 Å². The van der Waals surface area contributed by atoms with Gasteiger partial charge in [0.25, 0.3) is 5.91 Å². The van der Waals surface area contributed by atoms with Gasteiger partial charge in [0.2, 0.25) is 0 Å². The number of hydrogen-bond acceptors (Lipinski definition) is 5. The summed E-state index contributed by atoms with van der Waals surface area (Å²) in [5, 5.41) is 11.4. The Morgan fingerprint density at radius 2 is 1.96 bits per heavy atom. The number of amides is 1. The fourth-order valence-corrected chi connectivity index (χ4v) is 4.54. The molecule has 1 saturated heterocycles. The van der Waals surface area contributed by atoms with E-state index < -0.39 is 0 Å². The van der Waals surface area contributed by atoms with Crippen LogP contribution in [0.3, 0.4) is 0 Å². The normalized spacial score (nSPS) is 14.5. The average molecular weight is 381 g/mol. The lowest BCUT2D eigenvalue weighted by Gasteiger charge is -2.26. The number of phenolic OH excluding ortho intramolecular Hbond substituents is 1. The highest BCUT2D eigenvalue weighted by Crippen LogP contribution is 2.36. The van der Waals surface area contributed by atoms with Crippen molar-refractivity contribution < 1.29 is 19.4 Å². The van der Waals surface area contributed by atoms with Crippen molar-refractivity contribution in [2.45, 2.75) is 6.92 Å². The summed E-state index contributed by atoms with van der Waals surface area (Å²) in [5.74, 6) is 0.0301. The molecule has 0 bridgehead atoms. The van der Waals surface area contributed by atoms with Gasteiger partial charge in [-0.1, -0.05) is 18.2 Å². The van der Waals surface area contributed by atoms with Gasteiger partial charge in [0, 0.05) is 18.0 Å². The van der Waals surface area contributed by atoms with E-state index in [4.69, 9.17) is 4.74 Å². The standard InChI is InChI=1S/C21H19NO4S/c1-13-10-19(21(25)22-6-8-26-9-7-22)27-20(13)15-2-4-16-14(11-15)3-5-18(24)17(16)12-23/h2-5,10-12,24H,6-9H2,1H3. The molecule has 0 saturated carbocycles. The zero-order valence-electron chi connectivity index (χ0n) is 14.9. The Bertz CT molecular complexity index is 1030. The van der Waals surface area contributed by atoms with Crippen LogP contribution in [0.4, 0.5) is 0 Å². The van der Waals surface area contributed by atoms with Crippen molar-refractivity contribution in [3.63, 3.8) is 0 Å². The molecule has 0 unspecified atom stereocenters. The van der Waals surface area contributed by atoms with Gasteiger partial charge < -0.3 is 14.7 Å². The first-order chi connectivity index (χ1) is 13.1. The largest absolute Gasteiger partial charge is 0.507 e. The minimum absolute atomic E-state index is 0.0176. The number of aromatic hydroxyl groups is 1. The highest BCUT2D eigenvalue weighted by molar-refractivity contribution is 7.17. The first-order valence-electron chi connectivity index (χ1n) is 8.77. The van der Waals surface area contributed by atoms with Crippen LogP contribution in [0.5, 0.6) is 5.75 Å². The monoisotopic (exact) mass is 381 g/mol. The van der Waals surface area contributed by atoms with Gasteiger partial charge in [0.1, 0.15) is 5.75 Å². The molecule has 1 aliphatic rings. The second-order valence-corrected chi connectivity index (χ2v) is 7.63. The third-order valence-corrected chi connectivity index (χ3v) is 6.12. The molecule has 1 aromatic heterocycles. The number of thiophene rings is 1. The number of carbonyl (C=O) groups is 2. The van der Waals surface area contributed by atoms with Crippen molar-refractivity contribution in [2.75, 3.05) is 26.3 Å². The topological polar surface area (TPSA) is 66.8 Å². The zero-order valence-corrected chi connectivity index (χ0v) is 15.7. The Hall–Kier alpha value is -2.70. The van der Waals surface area contributed by atoms with Gasteiger partial charge >= 0.3 is 0 Å². The Balaban J connectivity index is 1.71. The van der Waals surface area contributed by atoms with Crippen LogP contribution in [-0.2, 0) is 4.74 Å². The minimum Gasteiger partial charge on any atom is -0.507 e. The second kappa shape index (κ2) is 7.13. The summed E-state index contributed by atoms with van der Waals surface area (Å²) in [6, 6.07) is 11.0. The van der Waals surface area contributed by atoms with E-state index in [2.05, 4.69) is 0 Å². The fraction of sp³-hybridized carbons (Fsp3) is 0.238. The molecule has 138 valence electrons. The van der Waals surface area contributed by atoms with E-state index >= 15 is 0 Å². The number of rotatable bonds is 3. The SMILES string of the molecule is Cc1cc(C(=O)N2CCOCC2)sc1-c1ccc2c(C=O)c(O)ccc2c1. The van der Waals surface area contributed by atoms with Crippen LogP contribution in [0, 0.1) is 6.92 Å². The number of nitrogens with zero attached hydrogens (tertiary/aromatic N) is 1. The van der Waals surface area contributed by atoms with Gasteiger partial charge in [-0.3, -0.25) is 9.59 Å². The maximum absolute atomic E-state index is 12.7. The molecule has 6 heteroatoms. The molecule has 27 heavy (non-hydrogen) atoms. The summed E-state index contributed by atoms with van der Waals surface area (Å²) >= 11 is 1.49. The van der Waals surface area contributed by atoms with Crippen molar-refractivity contribution in [1.29, 1.82) is 0 Å². The third kappa shape index (κ3) is 3.22. The van der Waals surface area contributed by atoms with Crippen molar-refractivity contribution in [2.24, 2.45) is 0 Å². The maximum atomic E-state index is 12.7. The molecule has 2 aromatic carbocycles. The molecule has 4 rings (SSSR count). The number of morpholine rings is 1. The number of carbonyl (C=O) groups excluding carboxylic acids is 2. The molecule has 1 aliphatic heterocycles. The summed E-state index contributed by atoms with van der Waals surface area (Å²) in [4.78, 5) is 27.6. The van der Waals surface area contributed by atoms with Crippen LogP contribution >= 0.6 is 11.3 Å². The lowest BCUT2D eigenvalue weighted by molar-refractivity contribution is 0.0306. The third-order valence-electron chi connectivity index (χ3n) is 4.85. The number of aldehydes is 1. The number of aryl methyl sites for hydroxylation is 1. The lowest BCUT2D eigenvalue weighted by Crippen LogP contribution is -2.40. The number of ether oxygens (including phenoxy) is 1. The maximum Gasteiger partial charge on any atom is 0.264 e. The molecule has 1 N–H and O–H groups in total. The molecular formula is C21H19NO4S. The summed E-state index contributed by atoms with van der Waals surface area (Å²) < 4.78 is 5.32. The van der Waals surface area contributed by atoms with Gasteiger partial charge in [-0.15, -0.1) is 11.3 Å². The number of fused-ring (bicyclic) bond motifs is 1. The Morgan fingerprint density at radius 1 is 1.19 bits per heavy atom. The Kier molecular flexibility index (Phi) is 4.68. The van der Waals surface area contributed by atoms with Gasteiger partial charge in [-0.2, -0.15) is 0 Å². The zero-order chi connectivity index (χ0) is 19.0. The molecule has 0 aliphatic carbocycles. The van der Waals surface area contributed by atoms with Gasteiger partial charge in [-0.05, 0) is 47.0 Å². The van der Waals surface area contributed by atoms with E-state index in [-0.39, 0.29) is 11.7 Å². The van der Waals surface area contributed by atoms with E-state index in [0.717, 1.165) is 26.3 Å². The molecule has 1 fully saturated rings. The van der Waals surface area contributed by atoms with Crippen LogP contribution < -0.4 is 0 Å². The van der Waals surface area contributed by atoms with Crippen LogP contribution in [0.1, 0.15) is 25.6 Å². The van der Waals surface area contributed by atoms with Crippen molar-refractivity contribution in [1.82, 2.24) is 4.90 Å². The van der Waals surface area contributed by atoms with Crippen molar-refractivity contribution in [3.05, 3.63) is 52.4 Å². The fourth-order valence-electron chi connectivity index (χ4n) is 3.40. The predicted molar refractivity (Wildman–Crippen MR) is 106 cm³/mol. The molecule has 5 nitrogen and oxygen atoms in total. The van der Waals surface area contributed by atoms with Crippen molar-refractivity contribution >= 4 is 34.3 Å².